The molecular formula is C7Br2Cl2O2S. The summed E-state index contributed by atoms with van der Waals surface area (Å²) in [7, 11) is 0. The molecule has 1 aliphatic rings. The molecule has 0 radical (unpaired) electrons. The fraction of sp³-hybridized carbons (Fsp3) is 0.143. The van der Waals surface area contributed by atoms with E-state index in [2.05, 4.69) is 31.9 Å². The Morgan fingerprint density at radius 3 is 1.71 bits per heavy atom. The van der Waals surface area contributed by atoms with E-state index in [-0.39, 0.29) is 19.8 Å². The van der Waals surface area contributed by atoms with Gasteiger partial charge in [0.25, 0.3) is 0 Å². The molecule has 0 atom stereocenters. The summed E-state index contributed by atoms with van der Waals surface area (Å²) in [6.45, 7) is 0. The van der Waals surface area contributed by atoms with Crippen molar-refractivity contribution in [2.24, 2.45) is 0 Å². The molecule has 0 amide bonds. The van der Waals surface area contributed by atoms with Crippen LogP contribution in [0.4, 0.5) is 0 Å². The van der Waals surface area contributed by atoms with Crippen LogP contribution in [-0.2, 0) is 0 Å². The van der Waals surface area contributed by atoms with Crippen LogP contribution in [0.3, 0.4) is 0 Å². The quantitative estimate of drug-likeness (QED) is 0.506. The molecule has 1 aliphatic carbocycles. The standard InChI is InChI=1S/C7Br2Cl2O2S/c8-7(9)3(12)1-2(4(7)13)6(11)14-5(1)10. The van der Waals surface area contributed by atoms with Crippen molar-refractivity contribution in [3.63, 3.8) is 0 Å². The molecule has 0 fully saturated rings. The Balaban J connectivity index is 2.78. The lowest BCUT2D eigenvalue weighted by atomic mass is 10.2. The van der Waals surface area contributed by atoms with Crippen molar-refractivity contribution in [3.8, 4) is 0 Å². The van der Waals surface area contributed by atoms with E-state index < -0.39 is 14.8 Å². The zero-order chi connectivity index (χ0) is 10.7. The predicted octanol–water partition coefficient (Wildman–Crippen LogP) is 3.92. The van der Waals surface area contributed by atoms with Crippen molar-refractivity contribution in [1.82, 2.24) is 0 Å². The summed E-state index contributed by atoms with van der Waals surface area (Å²) in [5.74, 6) is -0.795. The predicted molar refractivity (Wildman–Crippen MR) is 63.6 cm³/mol. The number of carbonyl (C=O) groups excluding carboxylic acids is 2. The molecule has 0 aliphatic heterocycles. The minimum Gasteiger partial charge on any atom is -0.291 e. The minimum atomic E-state index is -1.38. The first kappa shape index (κ1) is 11.1. The van der Waals surface area contributed by atoms with Crippen LogP contribution in [0.25, 0.3) is 0 Å². The summed E-state index contributed by atoms with van der Waals surface area (Å²) in [5, 5.41) is 0. The second kappa shape index (κ2) is 3.28. The number of halogens is 4. The molecule has 0 bridgehead atoms. The molecule has 2 nitrogen and oxygen atoms in total. The van der Waals surface area contributed by atoms with Gasteiger partial charge in [0, 0.05) is 0 Å². The molecule has 0 saturated carbocycles. The summed E-state index contributed by atoms with van der Waals surface area (Å²) in [5.41, 5.74) is 0.417. The molecule has 74 valence electrons. The van der Waals surface area contributed by atoms with Gasteiger partial charge in [0.15, 0.2) is 0 Å². The Kier molecular flexibility index (Phi) is 2.60. The maximum absolute atomic E-state index is 11.7. The van der Waals surface area contributed by atoms with Gasteiger partial charge in [-0.25, -0.2) is 0 Å². The van der Waals surface area contributed by atoms with Crippen molar-refractivity contribution in [1.29, 1.82) is 0 Å². The first-order valence-electron chi connectivity index (χ1n) is 3.32. The molecule has 0 N–H and O–H groups in total. The third-order valence-electron chi connectivity index (χ3n) is 1.85. The third-order valence-corrected chi connectivity index (χ3v) is 4.89. The van der Waals surface area contributed by atoms with Gasteiger partial charge in [-0.05, 0) is 0 Å². The number of hydrogen-bond donors (Lipinski definition) is 0. The molecule has 0 unspecified atom stereocenters. The number of rotatable bonds is 0. The molecule has 0 spiro atoms. The molecule has 14 heavy (non-hydrogen) atoms. The summed E-state index contributed by atoms with van der Waals surface area (Å²) in [6.07, 6.45) is 0. The Morgan fingerprint density at radius 2 is 1.36 bits per heavy atom. The zero-order valence-electron chi connectivity index (χ0n) is 6.24. The van der Waals surface area contributed by atoms with E-state index in [1.165, 1.54) is 0 Å². The SMILES string of the molecule is O=C1c2c(Cl)sc(Cl)c2C(=O)C1(Br)Br. The summed E-state index contributed by atoms with van der Waals surface area (Å²) < 4.78 is -0.875. The summed E-state index contributed by atoms with van der Waals surface area (Å²) in [6, 6.07) is 0. The Labute approximate surface area is 110 Å². The Morgan fingerprint density at radius 1 is 1.00 bits per heavy atom. The van der Waals surface area contributed by atoms with Gasteiger partial charge in [-0.3, -0.25) is 9.59 Å². The van der Waals surface area contributed by atoms with Crippen molar-refractivity contribution in [2.75, 3.05) is 0 Å². The van der Waals surface area contributed by atoms with E-state index >= 15 is 0 Å². The smallest absolute Gasteiger partial charge is 0.205 e. The number of thiophene rings is 1. The van der Waals surface area contributed by atoms with Crippen LogP contribution in [0.15, 0.2) is 0 Å². The van der Waals surface area contributed by atoms with Gasteiger partial charge >= 0.3 is 0 Å². The van der Waals surface area contributed by atoms with Crippen molar-refractivity contribution < 1.29 is 9.59 Å². The van der Waals surface area contributed by atoms with Gasteiger partial charge < -0.3 is 0 Å². The minimum absolute atomic E-state index is 0.209. The first-order chi connectivity index (χ1) is 6.37. The highest BCUT2D eigenvalue weighted by Crippen LogP contribution is 2.49. The number of alkyl halides is 2. The van der Waals surface area contributed by atoms with Gasteiger partial charge in [0.1, 0.15) is 8.67 Å². The van der Waals surface area contributed by atoms with Gasteiger partial charge in [-0.15, -0.1) is 11.3 Å². The van der Waals surface area contributed by atoms with Gasteiger partial charge in [0.05, 0.1) is 11.1 Å². The number of hydrogen-bond acceptors (Lipinski definition) is 3. The maximum atomic E-state index is 11.7. The normalized spacial score (nSPS) is 18.9. The fourth-order valence-electron chi connectivity index (χ4n) is 1.20. The zero-order valence-corrected chi connectivity index (χ0v) is 11.7. The molecule has 0 aromatic carbocycles. The molecular weight excluding hydrogens is 379 g/mol. The number of ketones is 2. The lowest BCUT2D eigenvalue weighted by Crippen LogP contribution is -2.26. The highest BCUT2D eigenvalue weighted by Gasteiger charge is 2.52. The van der Waals surface area contributed by atoms with E-state index in [0.717, 1.165) is 11.3 Å². The van der Waals surface area contributed by atoms with E-state index in [9.17, 15) is 9.59 Å². The van der Waals surface area contributed by atoms with Crippen molar-refractivity contribution >= 4 is 78.0 Å². The monoisotopic (exact) mass is 376 g/mol. The topological polar surface area (TPSA) is 34.1 Å². The van der Waals surface area contributed by atoms with E-state index in [0.29, 0.717) is 0 Å². The van der Waals surface area contributed by atoms with E-state index in [1.54, 1.807) is 0 Å². The van der Waals surface area contributed by atoms with Crippen LogP contribution < -0.4 is 0 Å². The average molecular weight is 379 g/mol. The van der Waals surface area contributed by atoms with Crippen LogP contribution in [0.2, 0.25) is 8.67 Å². The van der Waals surface area contributed by atoms with Crippen LogP contribution in [-0.4, -0.2) is 14.8 Å². The summed E-state index contributed by atoms with van der Waals surface area (Å²) >= 11 is 18.6. The Hall–Kier alpha value is 0.580. The molecule has 1 aromatic rings. The number of fused-ring (bicyclic) bond motifs is 1. The van der Waals surface area contributed by atoms with Crippen LogP contribution in [0.5, 0.6) is 0 Å². The number of Topliss-reactive ketones (excluding diaryl/α,β-unsaturated/α-hetero) is 2. The Bertz CT molecular complexity index is 428. The molecule has 2 rings (SSSR count). The van der Waals surface area contributed by atoms with Crippen LogP contribution >= 0.6 is 66.4 Å². The second-order valence-corrected chi connectivity index (χ2v) is 8.30. The summed E-state index contributed by atoms with van der Waals surface area (Å²) in [4.78, 5) is 23.4. The van der Waals surface area contributed by atoms with Crippen molar-refractivity contribution in [3.05, 3.63) is 19.8 Å². The van der Waals surface area contributed by atoms with Gasteiger partial charge in [-0.1, -0.05) is 55.1 Å². The van der Waals surface area contributed by atoms with Gasteiger partial charge in [-0.2, -0.15) is 0 Å². The molecule has 1 aromatic heterocycles. The van der Waals surface area contributed by atoms with Gasteiger partial charge in [0.2, 0.25) is 14.8 Å². The van der Waals surface area contributed by atoms with E-state index in [4.69, 9.17) is 23.2 Å². The molecule has 1 heterocycles. The number of carbonyl (C=O) groups is 2. The average Bonchev–Trinajstić information content (AvgIpc) is 2.45. The van der Waals surface area contributed by atoms with Crippen LogP contribution in [0.1, 0.15) is 20.7 Å². The van der Waals surface area contributed by atoms with Crippen molar-refractivity contribution in [2.45, 2.75) is 3.23 Å². The maximum Gasteiger partial charge on any atom is 0.205 e. The highest BCUT2D eigenvalue weighted by atomic mass is 79.9. The lowest BCUT2D eigenvalue weighted by molar-refractivity contribution is 0.0922. The highest BCUT2D eigenvalue weighted by molar-refractivity contribution is 9.26. The fourth-order valence-corrected chi connectivity index (χ4v) is 3.69. The van der Waals surface area contributed by atoms with E-state index in [1.807, 2.05) is 0 Å². The second-order valence-electron chi connectivity index (χ2n) is 2.63. The third kappa shape index (κ3) is 1.26. The molecule has 7 heteroatoms. The largest absolute Gasteiger partial charge is 0.291 e. The molecule has 0 saturated heterocycles. The van der Waals surface area contributed by atoms with Crippen LogP contribution in [0, 0.1) is 0 Å². The first-order valence-corrected chi connectivity index (χ1v) is 6.48. The lowest BCUT2D eigenvalue weighted by Gasteiger charge is -2.07.